The van der Waals surface area contributed by atoms with Gasteiger partial charge in [-0.2, -0.15) is 0 Å². The topological polar surface area (TPSA) is 95.9 Å². The lowest BCUT2D eigenvalue weighted by atomic mass is 10.1. The molecule has 4 aromatic carbocycles. The Hall–Kier alpha value is -4.91. The van der Waals surface area contributed by atoms with Gasteiger partial charge in [0.1, 0.15) is 11.5 Å². The highest BCUT2D eigenvalue weighted by atomic mass is 16.5. The van der Waals surface area contributed by atoms with Crippen molar-refractivity contribution in [2.45, 2.75) is 52.4 Å². The van der Waals surface area contributed by atoms with Gasteiger partial charge in [-0.1, -0.05) is 51.0 Å². The number of hydrogen-bond donors (Lipinski definition) is 2. The first kappa shape index (κ1) is 31.0. The monoisotopic (exact) mass is 578 g/mol. The third kappa shape index (κ3) is 8.32. The second kappa shape index (κ2) is 14.8. The molecule has 0 saturated heterocycles. The number of carbonyl (C=O) groups is 3. The van der Waals surface area contributed by atoms with Crippen LogP contribution in [0.4, 0.5) is 11.4 Å². The number of nitrogens with zero attached hydrogens (tertiary/aromatic N) is 1. The SMILES string of the molecule is CCCCc1ccc(C(=O)Nc2ccc(Oc3ccc(N(C)C(=O)c4ccc(CCCC)cc4)cc3)cc2C(=O)O)cc1. The van der Waals surface area contributed by atoms with E-state index in [-0.39, 0.29) is 23.1 Å². The Bertz CT molecular complexity index is 1540. The number of aromatic carboxylic acids is 1. The molecule has 222 valence electrons. The maximum Gasteiger partial charge on any atom is 0.337 e. The van der Waals surface area contributed by atoms with E-state index in [1.54, 1.807) is 54.4 Å². The van der Waals surface area contributed by atoms with Crippen LogP contribution in [-0.4, -0.2) is 29.9 Å². The predicted octanol–water partition coefficient (Wildman–Crippen LogP) is 8.39. The molecule has 0 saturated carbocycles. The molecule has 2 N–H and O–H groups in total. The quantitative estimate of drug-likeness (QED) is 0.166. The number of carboxylic acid groups (broad SMARTS) is 1. The summed E-state index contributed by atoms with van der Waals surface area (Å²) in [7, 11) is 1.72. The third-order valence-corrected chi connectivity index (χ3v) is 7.29. The minimum atomic E-state index is -1.19. The molecule has 0 atom stereocenters. The van der Waals surface area contributed by atoms with Crippen LogP contribution in [0.3, 0.4) is 0 Å². The number of amides is 2. The van der Waals surface area contributed by atoms with Crippen LogP contribution in [0, 0.1) is 0 Å². The fourth-order valence-corrected chi connectivity index (χ4v) is 4.65. The molecule has 7 nitrogen and oxygen atoms in total. The van der Waals surface area contributed by atoms with Crippen molar-refractivity contribution in [2.75, 3.05) is 17.3 Å². The zero-order valence-electron chi connectivity index (χ0n) is 24.9. The number of aryl methyl sites for hydroxylation is 2. The van der Waals surface area contributed by atoms with Crippen molar-refractivity contribution in [3.63, 3.8) is 0 Å². The lowest BCUT2D eigenvalue weighted by molar-refractivity contribution is 0.0697. The summed E-state index contributed by atoms with van der Waals surface area (Å²) in [6, 6.07) is 26.5. The van der Waals surface area contributed by atoms with E-state index in [1.807, 2.05) is 36.4 Å². The van der Waals surface area contributed by atoms with Gasteiger partial charge < -0.3 is 20.1 Å². The first-order valence-corrected chi connectivity index (χ1v) is 14.7. The summed E-state index contributed by atoms with van der Waals surface area (Å²) in [5.74, 6) is -0.923. The van der Waals surface area contributed by atoms with Crippen LogP contribution in [0.5, 0.6) is 11.5 Å². The Balaban J connectivity index is 1.40. The Labute approximate surface area is 253 Å². The molecular weight excluding hydrogens is 540 g/mol. The van der Waals surface area contributed by atoms with Crippen LogP contribution in [0.25, 0.3) is 0 Å². The van der Waals surface area contributed by atoms with Crippen molar-refractivity contribution in [1.29, 1.82) is 0 Å². The maximum absolute atomic E-state index is 13.0. The summed E-state index contributed by atoms with van der Waals surface area (Å²) >= 11 is 0. The average molecular weight is 579 g/mol. The van der Waals surface area contributed by atoms with Gasteiger partial charge in [-0.05, 0) is 104 Å². The van der Waals surface area contributed by atoms with Crippen LogP contribution >= 0.6 is 0 Å². The number of hydrogen-bond acceptors (Lipinski definition) is 4. The molecule has 0 aliphatic rings. The van der Waals surface area contributed by atoms with Gasteiger partial charge >= 0.3 is 5.97 Å². The lowest BCUT2D eigenvalue weighted by Crippen LogP contribution is -2.26. The number of unbranched alkanes of at least 4 members (excludes halogenated alkanes) is 2. The number of benzene rings is 4. The number of nitrogens with one attached hydrogen (secondary N) is 1. The molecule has 0 unspecified atom stereocenters. The van der Waals surface area contributed by atoms with Crippen molar-refractivity contribution in [3.05, 3.63) is 119 Å². The third-order valence-electron chi connectivity index (χ3n) is 7.29. The van der Waals surface area contributed by atoms with E-state index in [0.717, 1.165) is 44.1 Å². The first-order valence-electron chi connectivity index (χ1n) is 14.7. The van der Waals surface area contributed by atoms with E-state index >= 15 is 0 Å². The molecular formula is C36H38N2O5. The van der Waals surface area contributed by atoms with Crippen LogP contribution in [0.1, 0.15) is 81.7 Å². The predicted molar refractivity (Wildman–Crippen MR) is 171 cm³/mol. The Morgan fingerprint density at radius 2 is 1.26 bits per heavy atom. The van der Waals surface area contributed by atoms with E-state index in [1.165, 1.54) is 17.7 Å². The molecule has 7 heteroatoms. The van der Waals surface area contributed by atoms with Crippen LogP contribution < -0.4 is 15.0 Å². The van der Waals surface area contributed by atoms with Crippen LogP contribution in [-0.2, 0) is 12.8 Å². The van der Waals surface area contributed by atoms with E-state index in [0.29, 0.717) is 28.3 Å². The molecule has 4 aromatic rings. The van der Waals surface area contributed by atoms with Gasteiger partial charge in [0, 0.05) is 23.9 Å². The highest BCUT2D eigenvalue weighted by Crippen LogP contribution is 2.29. The van der Waals surface area contributed by atoms with Gasteiger partial charge in [-0.25, -0.2) is 4.79 Å². The van der Waals surface area contributed by atoms with Gasteiger partial charge in [0.25, 0.3) is 11.8 Å². The number of ether oxygens (including phenoxy) is 1. The summed E-state index contributed by atoms with van der Waals surface area (Å²) in [6.45, 7) is 4.29. The summed E-state index contributed by atoms with van der Waals surface area (Å²) in [5.41, 5.74) is 4.21. The molecule has 4 rings (SSSR count). The minimum Gasteiger partial charge on any atom is -0.478 e. The Kier molecular flexibility index (Phi) is 10.7. The molecule has 0 heterocycles. The van der Waals surface area contributed by atoms with Crippen molar-refractivity contribution in [3.8, 4) is 11.5 Å². The fraction of sp³-hybridized carbons (Fsp3) is 0.250. The van der Waals surface area contributed by atoms with Crippen LogP contribution in [0.2, 0.25) is 0 Å². The molecule has 0 aliphatic carbocycles. The number of rotatable bonds is 13. The second-order valence-electron chi connectivity index (χ2n) is 10.5. The Morgan fingerprint density at radius 1 is 0.721 bits per heavy atom. The number of carboxylic acids is 1. The molecule has 0 fully saturated rings. The van der Waals surface area contributed by atoms with E-state index in [2.05, 4.69) is 19.2 Å². The van der Waals surface area contributed by atoms with E-state index in [4.69, 9.17) is 4.74 Å². The number of anilines is 2. The van der Waals surface area contributed by atoms with Gasteiger partial charge in [-0.3, -0.25) is 9.59 Å². The average Bonchev–Trinajstić information content (AvgIpc) is 3.03. The van der Waals surface area contributed by atoms with Gasteiger partial charge in [0.05, 0.1) is 11.3 Å². The maximum atomic E-state index is 13.0. The highest BCUT2D eigenvalue weighted by molar-refractivity contribution is 6.08. The Morgan fingerprint density at radius 3 is 1.79 bits per heavy atom. The van der Waals surface area contributed by atoms with E-state index < -0.39 is 5.97 Å². The summed E-state index contributed by atoms with van der Waals surface area (Å²) in [5, 5.41) is 12.5. The molecule has 0 bridgehead atoms. The van der Waals surface area contributed by atoms with Gasteiger partial charge in [-0.15, -0.1) is 0 Å². The standard InChI is InChI=1S/C36H38N2O5/c1-4-6-8-25-10-14-27(15-11-25)34(39)37-33-23-22-31(24-32(33)36(41)42)43-30-20-18-29(19-21-30)38(3)35(40)28-16-12-26(13-17-28)9-7-5-2/h10-24H,4-9H2,1-3H3,(H,37,39)(H,41,42). The molecule has 2 amide bonds. The van der Waals surface area contributed by atoms with Crippen molar-refractivity contribution in [1.82, 2.24) is 0 Å². The zero-order valence-corrected chi connectivity index (χ0v) is 24.9. The van der Waals surface area contributed by atoms with Crippen molar-refractivity contribution in [2.24, 2.45) is 0 Å². The minimum absolute atomic E-state index is 0.0897. The normalized spacial score (nSPS) is 10.7. The van der Waals surface area contributed by atoms with Gasteiger partial charge in [0.15, 0.2) is 0 Å². The smallest absolute Gasteiger partial charge is 0.337 e. The van der Waals surface area contributed by atoms with E-state index in [9.17, 15) is 19.5 Å². The first-order chi connectivity index (χ1) is 20.8. The summed E-state index contributed by atoms with van der Waals surface area (Å²) < 4.78 is 5.90. The lowest BCUT2D eigenvalue weighted by Gasteiger charge is -2.18. The molecule has 0 aromatic heterocycles. The largest absolute Gasteiger partial charge is 0.478 e. The highest BCUT2D eigenvalue weighted by Gasteiger charge is 2.17. The van der Waals surface area contributed by atoms with Crippen molar-refractivity contribution >= 4 is 29.2 Å². The second-order valence-corrected chi connectivity index (χ2v) is 10.5. The van der Waals surface area contributed by atoms with Crippen LogP contribution in [0.15, 0.2) is 91.0 Å². The number of carbonyl (C=O) groups excluding carboxylic acids is 2. The fourth-order valence-electron chi connectivity index (χ4n) is 4.65. The molecule has 0 aliphatic heterocycles. The molecule has 0 spiro atoms. The summed E-state index contributed by atoms with van der Waals surface area (Å²) in [4.78, 5) is 39.4. The van der Waals surface area contributed by atoms with Gasteiger partial charge in [0.2, 0.25) is 0 Å². The molecule has 0 radical (unpaired) electrons. The zero-order chi connectivity index (χ0) is 30.8. The molecule has 43 heavy (non-hydrogen) atoms. The van der Waals surface area contributed by atoms with Crippen molar-refractivity contribution < 1.29 is 24.2 Å². The summed E-state index contributed by atoms with van der Waals surface area (Å²) in [6.07, 6.45) is 6.38.